The lowest BCUT2D eigenvalue weighted by Crippen LogP contribution is -2.32. The van der Waals surface area contributed by atoms with E-state index in [1.807, 2.05) is 0 Å². The average Bonchev–Trinajstić information content (AvgIpc) is 3.18. The second-order valence-corrected chi connectivity index (χ2v) is 9.05. The zero-order valence-electron chi connectivity index (χ0n) is 17.0. The lowest BCUT2D eigenvalue weighted by molar-refractivity contribution is -0.124. The first kappa shape index (κ1) is 22.4. The molecule has 0 unspecified atom stereocenters. The molecule has 2 rings (SSSR count). The zero-order chi connectivity index (χ0) is 20.7. The average molecular weight is 410 g/mol. The van der Waals surface area contributed by atoms with E-state index < -0.39 is 10.0 Å². The minimum absolute atomic E-state index is 0.0215. The van der Waals surface area contributed by atoms with Crippen LogP contribution < -0.4 is 10.6 Å². The highest BCUT2D eigenvalue weighted by Crippen LogP contribution is 2.25. The SMILES string of the molecule is CCN(CC)S(=O)(=O)c1cc(NC(=O)CCNC(=O)C2CCCC2)ccc1C. The summed E-state index contributed by atoms with van der Waals surface area (Å²) < 4.78 is 27.0. The summed E-state index contributed by atoms with van der Waals surface area (Å²) in [6.07, 6.45) is 4.16. The molecule has 0 spiro atoms. The summed E-state index contributed by atoms with van der Waals surface area (Å²) in [7, 11) is -3.60. The van der Waals surface area contributed by atoms with E-state index in [1.54, 1.807) is 32.9 Å². The van der Waals surface area contributed by atoms with Crippen LogP contribution in [-0.2, 0) is 19.6 Å². The molecule has 0 radical (unpaired) electrons. The number of sulfonamides is 1. The first-order valence-electron chi connectivity index (χ1n) is 9.98. The van der Waals surface area contributed by atoms with Crippen molar-refractivity contribution < 1.29 is 18.0 Å². The summed E-state index contributed by atoms with van der Waals surface area (Å²) in [6, 6.07) is 4.87. The van der Waals surface area contributed by atoms with Gasteiger partial charge in [-0.25, -0.2) is 8.42 Å². The van der Waals surface area contributed by atoms with Crippen molar-refractivity contribution in [3.05, 3.63) is 23.8 Å². The summed E-state index contributed by atoms with van der Waals surface area (Å²) in [5.41, 5.74) is 1.07. The molecule has 0 saturated heterocycles. The van der Waals surface area contributed by atoms with Crippen LogP contribution in [0.1, 0.15) is 51.5 Å². The van der Waals surface area contributed by atoms with Crippen molar-refractivity contribution >= 4 is 27.5 Å². The molecule has 156 valence electrons. The lowest BCUT2D eigenvalue weighted by atomic mass is 10.1. The lowest BCUT2D eigenvalue weighted by Gasteiger charge is -2.20. The Morgan fingerprint density at radius 2 is 1.79 bits per heavy atom. The standard InChI is InChI=1S/C20H31N3O4S/c1-4-23(5-2)28(26,27)18-14-17(11-10-15(18)3)22-19(24)12-13-21-20(25)16-8-6-7-9-16/h10-11,14,16H,4-9,12-13H2,1-3H3,(H,21,25)(H,22,24). The molecule has 0 atom stereocenters. The predicted octanol–water partition coefficient (Wildman–Crippen LogP) is 2.66. The summed E-state index contributed by atoms with van der Waals surface area (Å²) in [5.74, 6) is -0.164. The van der Waals surface area contributed by atoms with Gasteiger partial charge in [-0.3, -0.25) is 9.59 Å². The summed E-state index contributed by atoms with van der Waals surface area (Å²) in [6.45, 7) is 6.37. The van der Waals surface area contributed by atoms with E-state index in [0.717, 1.165) is 25.7 Å². The van der Waals surface area contributed by atoms with Gasteiger partial charge >= 0.3 is 0 Å². The number of nitrogens with zero attached hydrogens (tertiary/aromatic N) is 1. The molecule has 0 aliphatic heterocycles. The number of hydrogen-bond acceptors (Lipinski definition) is 4. The third-order valence-corrected chi connectivity index (χ3v) is 7.36. The minimum atomic E-state index is -3.60. The van der Waals surface area contributed by atoms with E-state index >= 15 is 0 Å². The van der Waals surface area contributed by atoms with Gasteiger partial charge in [0.05, 0.1) is 4.90 Å². The van der Waals surface area contributed by atoms with E-state index in [9.17, 15) is 18.0 Å². The van der Waals surface area contributed by atoms with Gasteiger partial charge in [0.25, 0.3) is 0 Å². The maximum Gasteiger partial charge on any atom is 0.243 e. The van der Waals surface area contributed by atoms with Crippen LogP contribution in [0, 0.1) is 12.8 Å². The molecule has 1 aromatic carbocycles. The second-order valence-electron chi connectivity index (χ2n) is 7.14. The van der Waals surface area contributed by atoms with Gasteiger partial charge in [0.2, 0.25) is 21.8 Å². The molecule has 2 amide bonds. The molecule has 2 N–H and O–H groups in total. The second kappa shape index (κ2) is 10.0. The normalized spacial score (nSPS) is 15.0. The van der Waals surface area contributed by atoms with Crippen LogP contribution in [0.2, 0.25) is 0 Å². The largest absolute Gasteiger partial charge is 0.355 e. The Morgan fingerprint density at radius 1 is 1.14 bits per heavy atom. The van der Waals surface area contributed by atoms with Gasteiger partial charge in [-0.1, -0.05) is 32.8 Å². The fourth-order valence-electron chi connectivity index (χ4n) is 3.51. The number of aryl methyl sites for hydroxylation is 1. The van der Waals surface area contributed by atoms with Crippen molar-refractivity contribution in [3.8, 4) is 0 Å². The molecule has 1 aliphatic carbocycles. The van der Waals surface area contributed by atoms with Crippen molar-refractivity contribution in [2.45, 2.75) is 57.8 Å². The maximum atomic E-state index is 12.8. The molecule has 0 bridgehead atoms. The molecule has 0 aromatic heterocycles. The molecule has 1 aliphatic rings. The highest BCUT2D eigenvalue weighted by molar-refractivity contribution is 7.89. The Hall–Kier alpha value is -1.93. The molecule has 28 heavy (non-hydrogen) atoms. The predicted molar refractivity (Wildman–Crippen MR) is 110 cm³/mol. The van der Waals surface area contributed by atoms with Crippen molar-refractivity contribution in [3.63, 3.8) is 0 Å². The number of amides is 2. The molecule has 1 fully saturated rings. The van der Waals surface area contributed by atoms with Crippen LogP contribution in [0.25, 0.3) is 0 Å². The number of nitrogens with one attached hydrogen (secondary N) is 2. The van der Waals surface area contributed by atoms with E-state index in [4.69, 9.17) is 0 Å². The summed E-state index contributed by atoms with van der Waals surface area (Å²) >= 11 is 0. The Kier molecular flexibility index (Phi) is 8.00. The Balaban J connectivity index is 1.96. The fourth-order valence-corrected chi connectivity index (χ4v) is 5.22. The molecule has 1 aromatic rings. The van der Waals surface area contributed by atoms with Gasteiger partial charge in [0.1, 0.15) is 0 Å². The van der Waals surface area contributed by atoms with Crippen molar-refractivity contribution in [1.29, 1.82) is 0 Å². The van der Waals surface area contributed by atoms with Crippen LogP contribution in [0.5, 0.6) is 0 Å². The van der Waals surface area contributed by atoms with E-state index in [2.05, 4.69) is 10.6 Å². The fraction of sp³-hybridized carbons (Fsp3) is 0.600. The minimum Gasteiger partial charge on any atom is -0.355 e. The maximum absolute atomic E-state index is 12.8. The van der Waals surface area contributed by atoms with Gasteiger partial charge in [-0.15, -0.1) is 0 Å². The highest BCUT2D eigenvalue weighted by Gasteiger charge is 2.24. The molecule has 8 heteroatoms. The van der Waals surface area contributed by atoms with Gasteiger partial charge in [0.15, 0.2) is 0 Å². The quantitative estimate of drug-likeness (QED) is 0.655. The topological polar surface area (TPSA) is 95.6 Å². The van der Waals surface area contributed by atoms with Gasteiger partial charge in [0, 0.05) is 37.7 Å². The van der Waals surface area contributed by atoms with E-state index in [-0.39, 0.29) is 35.6 Å². The van der Waals surface area contributed by atoms with E-state index in [0.29, 0.717) is 24.3 Å². The Labute approximate surface area is 167 Å². The number of rotatable bonds is 9. The first-order valence-corrected chi connectivity index (χ1v) is 11.4. The van der Waals surface area contributed by atoms with E-state index in [1.165, 1.54) is 10.4 Å². The number of carbonyl (C=O) groups excluding carboxylic acids is 2. The van der Waals surface area contributed by atoms with Crippen LogP contribution in [-0.4, -0.2) is 44.2 Å². The number of anilines is 1. The first-order chi connectivity index (χ1) is 13.3. The molecular formula is C20H31N3O4S. The summed E-state index contributed by atoms with van der Waals surface area (Å²) in [4.78, 5) is 24.4. The zero-order valence-corrected chi connectivity index (χ0v) is 17.8. The third kappa shape index (κ3) is 5.54. The molecular weight excluding hydrogens is 378 g/mol. The van der Waals surface area contributed by atoms with Gasteiger partial charge in [-0.05, 0) is 37.5 Å². The van der Waals surface area contributed by atoms with Crippen LogP contribution in [0.15, 0.2) is 23.1 Å². The number of benzene rings is 1. The molecule has 0 heterocycles. The smallest absolute Gasteiger partial charge is 0.243 e. The number of hydrogen-bond donors (Lipinski definition) is 2. The third-order valence-electron chi connectivity index (χ3n) is 5.17. The van der Waals surface area contributed by atoms with Crippen molar-refractivity contribution in [2.75, 3.05) is 25.0 Å². The summed E-state index contributed by atoms with van der Waals surface area (Å²) in [5, 5.41) is 5.54. The van der Waals surface area contributed by atoms with Gasteiger partial charge in [-0.2, -0.15) is 4.31 Å². The Bertz CT molecular complexity index is 798. The molecule has 1 saturated carbocycles. The Morgan fingerprint density at radius 3 is 2.39 bits per heavy atom. The number of carbonyl (C=O) groups is 2. The van der Waals surface area contributed by atoms with Crippen molar-refractivity contribution in [1.82, 2.24) is 9.62 Å². The monoisotopic (exact) mass is 409 g/mol. The van der Waals surface area contributed by atoms with Crippen LogP contribution in [0.4, 0.5) is 5.69 Å². The van der Waals surface area contributed by atoms with Gasteiger partial charge < -0.3 is 10.6 Å². The van der Waals surface area contributed by atoms with Crippen LogP contribution in [0.3, 0.4) is 0 Å². The van der Waals surface area contributed by atoms with Crippen LogP contribution >= 0.6 is 0 Å². The highest BCUT2D eigenvalue weighted by atomic mass is 32.2. The molecule has 7 nitrogen and oxygen atoms in total. The van der Waals surface area contributed by atoms with Crippen molar-refractivity contribution in [2.24, 2.45) is 5.92 Å².